The molecule has 1 rings (SSSR count). The van der Waals surface area contributed by atoms with E-state index >= 15 is 0 Å². The van der Waals surface area contributed by atoms with Crippen molar-refractivity contribution in [3.05, 3.63) is 17.0 Å². The molecule has 1 unspecified atom stereocenters. The molecule has 0 amide bonds. The minimum atomic E-state index is 0.357. The molecule has 0 aliphatic heterocycles. The summed E-state index contributed by atoms with van der Waals surface area (Å²) in [7, 11) is 1.70. The molecule has 0 aliphatic carbocycles. The Balaban J connectivity index is 2.95. The zero-order valence-corrected chi connectivity index (χ0v) is 13.5. The highest BCUT2D eigenvalue weighted by atomic mass is 35.5. The van der Waals surface area contributed by atoms with Crippen LogP contribution in [0.15, 0.2) is 6.07 Å². The summed E-state index contributed by atoms with van der Waals surface area (Å²) in [4.78, 5) is 10.9. The van der Waals surface area contributed by atoms with Crippen LogP contribution in [0.5, 0.6) is 0 Å². The first-order valence-electron chi connectivity index (χ1n) is 6.99. The van der Waals surface area contributed by atoms with Crippen LogP contribution in [-0.2, 0) is 16.1 Å². The minimum Gasteiger partial charge on any atom is -0.383 e. The first-order valence-corrected chi connectivity index (χ1v) is 7.36. The molecular formula is C14H24ClN3O2. The van der Waals surface area contributed by atoms with Crippen LogP contribution in [0.4, 0.5) is 5.82 Å². The molecule has 20 heavy (non-hydrogen) atoms. The van der Waals surface area contributed by atoms with Gasteiger partial charge in [-0.05, 0) is 20.3 Å². The van der Waals surface area contributed by atoms with E-state index in [2.05, 4.69) is 28.7 Å². The van der Waals surface area contributed by atoms with Gasteiger partial charge >= 0.3 is 0 Å². The number of rotatable bonds is 9. The molecule has 1 heterocycles. The van der Waals surface area contributed by atoms with Gasteiger partial charge in [0.25, 0.3) is 0 Å². The number of aromatic nitrogens is 2. The van der Waals surface area contributed by atoms with Crippen LogP contribution >= 0.6 is 11.6 Å². The van der Waals surface area contributed by atoms with Gasteiger partial charge in [0.2, 0.25) is 0 Å². The molecule has 0 aromatic carbocycles. The summed E-state index contributed by atoms with van der Waals surface area (Å²) in [5, 5.41) is 0.440. The second-order valence-electron chi connectivity index (χ2n) is 4.55. The van der Waals surface area contributed by atoms with E-state index in [-0.39, 0.29) is 0 Å². The van der Waals surface area contributed by atoms with Gasteiger partial charge in [0, 0.05) is 32.4 Å². The summed E-state index contributed by atoms with van der Waals surface area (Å²) in [5.74, 6) is 1.44. The van der Waals surface area contributed by atoms with Crippen LogP contribution in [0, 0.1) is 0 Å². The third kappa shape index (κ3) is 5.23. The number of methoxy groups -OCH3 is 1. The average Bonchev–Trinajstić information content (AvgIpc) is 2.44. The Morgan fingerprint density at radius 1 is 1.35 bits per heavy atom. The SMILES string of the molecule is CCOCc1nc(Cl)cc(N(CCOC)C(C)CC)n1. The molecule has 0 fully saturated rings. The minimum absolute atomic E-state index is 0.357. The maximum absolute atomic E-state index is 6.09. The smallest absolute Gasteiger partial charge is 0.158 e. The van der Waals surface area contributed by atoms with E-state index in [1.165, 1.54) is 0 Å². The second kappa shape index (κ2) is 9.10. The van der Waals surface area contributed by atoms with Gasteiger partial charge in [-0.1, -0.05) is 18.5 Å². The van der Waals surface area contributed by atoms with Gasteiger partial charge < -0.3 is 14.4 Å². The monoisotopic (exact) mass is 301 g/mol. The predicted molar refractivity (Wildman–Crippen MR) is 81.3 cm³/mol. The van der Waals surface area contributed by atoms with Crippen LogP contribution in [0.2, 0.25) is 5.15 Å². The maximum Gasteiger partial charge on any atom is 0.158 e. The van der Waals surface area contributed by atoms with Crippen LogP contribution < -0.4 is 4.90 Å². The predicted octanol–water partition coefficient (Wildman–Crippen LogP) is 2.92. The van der Waals surface area contributed by atoms with Gasteiger partial charge in [-0.15, -0.1) is 0 Å². The molecule has 1 aromatic rings. The van der Waals surface area contributed by atoms with Crippen molar-refractivity contribution in [2.45, 2.75) is 39.8 Å². The topological polar surface area (TPSA) is 47.5 Å². The highest BCUT2D eigenvalue weighted by Gasteiger charge is 2.16. The van der Waals surface area contributed by atoms with Crippen LogP contribution in [0.3, 0.4) is 0 Å². The van der Waals surface area contributed by atoms with E-state index in [1.54, 1.807) is 13.2 Å². The molecule has 0 bridgehead atoms. The molecule has 0 saturated carbocycles. The number of hydrogen-bond acceptors (Lipinski definition) is 5. The highest BCUT2D eigenvalue weighted by Crippen LogP contribution is 2.20. The fourth-order valence-corrected chi connectivity index (χ4v) is 2.02. The third-order valence-corrected chi connectivity index (χ3v) is 3.31. The molecular weight excluding hydrogens is 278 g/mol. The Hall–Kier alpha value is -0.910. The summed E-state index contributed by atoms with van der Waals surface area (Å²) in [6, 6.07) is 2.15. The fourth-order valence-electron chi connectivity index (χ4n) is 1.83. The van der Waals surface area contributed by atoms with E-state index in [1.807, 2.05) is 6.92 Å². The van der Waals surface area contributed by atoms with E-state index in [0.29, 0.717) is 36.8 Å². The first kappa shape index (κ1) is 17.1. The zero-order valence-electron chi connectivity index (χ0n) is 12.7. The van der Waals surface area contributed by atoms with Crippen molar-refractivity contribution < 1.29 is 9.47 Å². The van der Waals surface area contributed by atoms with Gasteiger partial charge in [-0.3, -0.25) is 0 Å². The normalized spacial score (nSPS) is 12.4. The van der Waals surface area contributed by atoms with Gasteiger partial charge in [-0.25, -0.2) is 9.97 Å². The van der Waals surface area contributed by atoms with Gasteiger partial charge in [0.1, 0.15) is 17.6 Å². The molecule has 1 aromatic heterocycles. The second-order valence-corrected chi connectivity index (χ2v) is 4.93. The molecule has 0 spiro atoms. The quantitative estimate of drug-likeness (QED) is 0.656. The Kier molecular flexibility index (Phi) is 7.80. The number of ether oxygens (including phenoxy) is 2. The Morgan fingerprint density at radius 2 is 2.10 bits per heavy atom. The lowest BCUT2D eigenvalue weighted by molar-refractivity contribution is 0.128. The standard InChI is InChI=1S/C14H24ClN3O2/c1-5-11(3)18(7-8-19-4)14-9-12(15)16-13(17-14)10-20-6-2/h9,11H,5-8,10H2,1-4H3. The zero-order chi connectivity index (χ0) is 15.0. The van der Waals surface area contributed by atoms with Crippen LogP contribution in [0.1, 0.15) is 33.0 Å². The molecule has 114 valence electrons. The lowest BCUT2D eigenvalue weighted by Gasteiger charge is -2.29. The van der Waals surface area contributed by atoms with Crippen molar-refractivity contribution in [3.63, 3.8) is 0 Å². The molecule has 0 N–H and O–H groups in total. The third-order valence-electron chi connectivity index (χ3n) is 3.12. The molecule has 1 atom stereocenters. The van der Waals surface area contributed by atoms with Gasteiger partial charge in [0.05, 0.1) is 6.61 Å². The summed E-state index contributed by atoms with van der Waals surface area (Å²) in [5.41, 5.74) is 0. The summed E-state index contributed by atoms with van der Waals surface area (Å²) < 4.78 is 10.5. The van der Waals surface area contributed by atoms with Crippen molar-refractivity contribution in [3.8, 4) is 0 Å². The summed E-state index contributed by atoms with van der Waals surface area (Å²) in [6.07, 6.45) is 1.02. The molecule has 6 heteroatoms. The highest BCUT2D eigenvalue weighted by molar-refractivity contribution is 6.29. The van der Waals surface area contributed by atoms with Crippen molar-refractivity contribution in [2.75, 3.05) is 31.8 Å². The largest absolute Gasteiger partial charge is 0.383 e. The van der Waals surface area contributed by atoms with Crippen LogP contribution in [-0.4, -0.2) is 42.9 Å². The summed E-state index contributed by atoms with van der Waals surface area (Å²) in [6.45, 7) is 8.67. The number of anilines is 1. The maximum atomic E-state index is 6.09. The number of hydrogen-bond donors (Lipinski definition) is 0. The van der Waals surface area contributed by atoms with Gasteiger partial charge in [0.15, 0.2) is 5.82 Å². The van der Waals surface area contributed by atoms with Crippen molar-refractivity contribution in [1.29, 1.82) is 0 Å². The summed E-state index contributed by atoms with van der Waals surface area (Å²) >= 11 is 6.09. The van der Waals surface area contributed by atoms with E-state index in [9.17, 15) is 0 Å². The molecule has 0 saturated heterocycles. The Labute approximate surface area is 126 Å². The Bertz CT molecular complexity index is 404. The van der Waals surface area contributed by atoms with Crippen molar-refractivity contribution >= 4 is 17.4 Å². The van der Waals surface area contributed by atoms with E-state index in [4.69, 9.17) is 21.1 Å². The molecule has 0 radical (unpaired) electrons. The number of nitrogens with zero attached hydrogens (tertiary/aromatic N) is 3. The van der Waals surface area contributed by atoms with E-state index < -0.39 is 0 Å². The average molecular weight is 302 g/mol. The molecule has 5 nitrogen and oxygen atoms in total. The molecule has 0 aliphatic rings. The van der Waals surface area contributed by atoms with Gasteiger partial charge in [-0.2, -0.15) is 0 Å². The Morgan fingerprint density at radius 3 is 2.70 bits per heavy atom. The van der Waals surface area contributed by atoms with Crippen LogP contribution in [0.25, 0.3) is 0 Å². The lowest BCUT2D eigenvalue weighted by Crippen LogP contribution is -2.36. The van der Waals surface area contributed by atoms with Crippen molar-refractivity contribution in [1.82, 2.24) is 9.97 Å². The fraction of sp³-hybridized carbons (Fsp3) is 0.714. The first-order chi connectivity index (χ1) is 9.62. The van der Waals surface area contributed by atoms with E-state index in [0.717, 1.165) is 18.8 Å². The lowest BCUT2D eigenvalue weighted by atomic mass is 10.2. The van der Waals surface area contributed by atoms with Crippen molar-refractivity contribution in [2.24, 2.45) is 0 Å². The number of halogens is 1.